The molecule has 2 N–H and O–H groups in total. The van der Waals surface area contributed by atoms with Gasteiger partial charge in [-0.15, -0.1) is 0 Å². The van der Waals surface area contributed by atoms with E-state index < -0.39 is 0 Å². The Balaban J connectivity index is 1.89. The van der Waals surface area contributed by atoms with Crippen molar-refractivity contribution in [1.29, 1.82) is 0 Å². The van der Waals surface area contributed by atoms with Gasteiger partial charge in [-0.25, -0.2) is 0 Å². The van der Waals surface area contributed by atoms with Gasteiger partial charge in [-0.1, -0.05) is 20.3 Å². The van der Waals surface area contributed by atoms with Crippen LogP contribution in [0.1, 0.15) is 20.3 Å². The molecule has 0 radical (unpaired) electrons. The molecule has 2 heterocycles. The van der Waals surface area contributed by atoms with E-state index in [0.717, 1.165) is 38.3 Å². The van der Waals surface area contributed by atoms with E-state index in [1.54, 1.807) is 4.68 Å². The summed E-state index contributed by atoms with van der Waals surface area (Å²) in [6.07, 6.45) is 4.80. The van der Waals surface area contributed by atoms with Gasteiger partial charge in [0.25, 0.3) is 0 Å². The summed E-state index contributed by atoms with van der Waals surface area (Å²) in [5.74, 6) is 0.323. The third-order valence-corrected chi connectivity index (χ3v) is 4.19. The van der Waals surface area contributed by atoms with Gasteiger partial charge in [0.15, 0.2) is 0 Å². The lowest BCUT2D eigenvalue weighted by Crippen LogP contribution is -2.54. The zero-order chi connectivity index (χ0) is 14.7. The Kier molecular flexibility index (Phi) is 4.65. The minimum Gasteiger partial charge on any atom is -0.365 e. The number of aromatic nitrogens is 2. The second-order valence-electron chi connectivity index (χ2n) is 5.60. The van der Waals surface area contributed by atoms with Crippen LogP contribution in [0.4, 0.5) is 5.69 Å². The maximum atomic E-state index is 12.3. The van der Waals surface area contributed by atoms with E-state index in [-0.39, 0.29) is 17.9 Å². The fraction of sp³-hybridized carbons (Fsp3) is 0.714. The molecule has 20 heavy (non-hydrogen) atoms. The van der Waals surface area contributed by atoms with Crippen molar-refractivity contribution in [2.75, 3.05) is 31.1 Å². The van der Waals surface area contributed by atoms with Crippen LogP contribution in [0.2, 0.25) is 0 Å². The molecule has 0 aliphatic carbocycles. The van der Waals surface area contributed by atoms with Crippen LogP contribution < -0.4 is 10.6 Å². The molecule has 2 rings (SSSR count). The zero-order valence-electron chi connectivity index (χ0n) is 12.6. The van der Waals surface area contributed by atoms with E-state index in [1.165, 1.54) is 0 Å². The molecule has 0 spiro atoms. The second-order valence-corrected chi connectivity index (χ2v) is 5.60. The number of nitrogens with zero attached hydrogens (tertiary/aromatic N) is 4. The van der Waals surface area contributed by atoms with E-state index >= 15 is 0 Å². The highest BCUT2D eigenvalue weighted by molar-refractivity contribution is 5.82. The molecule has 1 amide bonds. The monoisotopic (exact) mass is 279 g/mol. The summed E-state index contributed by atoms with van der Waals surface area (Å²) in [4.78, 5) is 16.5. The molecular weight excluding hydrogens is 254 g/mol. The average molecular weight is 279 g/mol. The molecule has 0 bridgehead atoms. The molecule has 1 fully saturated rings. The fourth-order valence-electron chi connectivity index (χ4n) is 2.46. The largest absolute Gasteiger partial charge is 0.365 e. The highest BCUT2D eigenvalue weighted by atomic mass is 16.2. The Morgan fingerprint density at radius 1 is 1.40 bits per heavy atom. The number of anilines is 1. The van der Waals surface area contributed by atoms with Crippen molar-refractivity contribution in [2.24, 2.45) is 18.7 Å². The molecule has 1 saturated heterocycles. The molecule has 6 nitrogen and oxygen atoms in total. The van der Waals surface area contributed by atoms with Gasteiger partial charge in [0.2, 0.25) is 5.91 Å². The van der Waals surface area contributed by atoms with Crippen LogP contribution in [0.15, 0.2) is 12.4 Å². The van der Waals surface area contributed by atoms with Crippen LogP contribution in [0.25, 0.3) is 0 Å². The van der Waals surface area contributed by atoms with Gasteiger partial charge >= 0.3 is 0 Å². The Morgan fingerprint density at radius 2 is 2.05 bits per heavy atom. The first kappa shape index (κ1) is 14.8. The maximum Gasteiger partial charge on any atom is 0.239 e. The highest BCUT2D eigenvalue weighted by Gasteiger charge is 2.28. The maximum absolute atomic E-state index is 12.3. The molecular formula is C14H25N5O. The van der Waals surface area contributed by atoms with E-state index in [9.17, 15) is 4.79 Å². The lowest BCUT2D eigenvalue weighted by molar-refractivity contribution is -0.134. The van der Waals surface area contributed by atoms with Gasteiger partial charge in [-0.3, -0.25) is 9.48 Å². The Bertz CT molecular complexity index is 450. The Morgan fingerprint density at radius 3 is 2.55 bits per heavy atom. The third kappa shape index (κ3) is 3.12. The predicted molar refractivity (Wildman–Crippen MR) is 79.4 cm³/mol. The van der Waals surface area contributed by atoms with Crippen molar-refractivity contribution in [3.05, 3.63) is 12.4 Å². The summed E-state index contributed by atoms with van der Waals surface area (Å²) in [7, 11) is 1.91. The Hall–Kier alpha value is -1.56. The fourth-order valence-corrected chi connectivity index (χ4v) is 2.46. The van der Waals surface area contributed by atoms with Crippen molar-refractivity contribution in [3.8, 4) is 0 Å². The number of hydrogen-bond acceptors (Lipinski definition) is 4. The lowest BCUT2D eigenvalue weighted by atomic mass is 9.98. The topological polar surface area (TPSA) is 67.4 Å². The number of amides is 1. The zero-order valence-corrected chi connectivity index (χ0v) is 12.6. The van der Waals surface area contributed by atoms with Crippen molar-refractivity contribution in [1.82, 2.24) is 14.7 Å². The quantitative estimate of drug-likeness (QED) is 0.868. The summed E-state index contributed by atoms with van der Waals surface area (Å²) in [6.45, 7) is 7.25. The summed E-state index contributed by atoms with van der Waals surface area (Å²) in [5.41, 5.74) is 7.15. The van der Waals surface area contributed by atoms with Gasteiger partial charge in [0.05, 0.1) is 17.9 Å². The van der Waals surface area contributed by atoms with Crippen molar-refractivity contribution >= 4 is 11.6 Å². The van der Waals surface area contributed by atoms with Gasteiger partial charge in [-0.05, 0) is 5.92 Å². The highest BCUT2D eigenvalue weighted by Crippen LogP contribution is 2.16. The Labute approximate surface area is 120 Å². The van der Waals surface area contributed by atoms with Crippen LogP contribution >= 0.6 is 0 Å². The number of nitrogens with two attached hydrogens (primary N) is 1. The molecule has 112 valence electrons. The first-order chi connectivity index (χ1) is 9.52. The number of piperazine rings is 1. The predicted octanol–water partition coefficient (Wildman–Crippen LogP) is 0.442. The van der Waals surface area contributed by atoms with Crippen LogP contribution in [-0.4, -0.2) is 52.8 Å². The molecule has 1 aliphatic heterocycles. The van der Waals surface area contributed by atoms with Crippen molar-refractivity contribution in [3.63, 3.8) is 0 Å². The van der Waals surface area contributed by atoms with Crippen molar-refractivity contribution < 1.29 is 4.79 Å². The van der Waals surface area contributed by atoms with Crippen LogP contribution in [0.5, 0.6) is 0 Å². The molecule has 2 atom stereocenters. The van der Waals surface area contributed by atoms with Gasteiger partial charge < -0.3 is 15.5 Å². The van der Waals surface area contributed by atoms with Gasteiger partial charge in [0.1, 0.15) is 0 Å². The standard InChI is InChI=1S/C14H25N5O/c1-4-11(2)13(15)14(20)19-7-5-18(6-8-19)12-9-16-17(3)10-12/h9-11,13H,4-8,15H2,1-3H3. The van der Waals surface area contributed by atoms with E-state index in [0.29, 0.717) is 0 Å². The number of carbonyl (C=O) groups is 1. The average Bonchev–Trinajstić information content (AvgIpc) is 2.91. The minimum absolute atomic E-state index is 0.0881. The van der Waals surface area contributed by atoms with Crippen LogP contribution in [0, 0.1) is 5.92 Å². The normalized spacial score (nSPS) is 19.0. The second kappa shape index (κ2) is 6.26. The number of aryl methyl sites for hydroxylation is 1. The van der Waals surface area contributed by atoms with Crippen LogP contribution in [0.3, 0.4) is 0 Å². The third-order valence-electron chi connectivity index (χ3n) is 4.19. The molecule has 0 aromatic carbocycles. The molecule has 1 aliphatic rings. The van der Waals surface area contributed by atoms with E-state index in [1.807, 2.05) is 31.3 Å². The molecule has 6 heteroatoms. The van der Waals surface area contributed by atoms with Gasteiger partial charge in [0, 0.05) is 39.4 Å². The smallest absolute Gasteiger partial charge is 0.239 e. The minimum atomic E-state index is -0.370. The summed E-state index contributed by atoms with van der Waals surface area (Å²) in [6, 6.07) is -0.370. The summed E-state index contributed by atoms with van der Waals surface area (Å²) in [5, 5.41) is 4.18. The first-order valence-electron chi connectivity index (χ1n) is 7.31. The van der Waals surface area contributed by atoms with Crippen molar-refractivity contribution in [2.45, 2.75) is 26.3 Å². The van der Waals surface area contributed by atoms with Crippen LogP contribution in [-0.2, 0) is 11.8 Å². The number of hydrogen-bond donors (Lipinski definition) is 1. The molecule has 2 unspecified atom stereocenters. The summed E-state index contributed by atoms with van der Waals surface area (Å²) >= 11 is 0. The van der Waals surface area contributed by atoms with Gasteiger partial charge in [-0.2, -0.15) is 5.10 Å². The molecule has 0 saturated carbocycles. The summed E-state index contributed by atoms with van der Waals surface area (Å²) < 4.78 is 1.80. The number of rotatable bonds is 4. The molecule has 1 aromatic heterocycles. The SMILES string of the molecule is CCC(C)C(N)C(=O)N1CCN(c2cnn(C)c2)CC1. The molecule has 1 aromatic rings. The van der Waals surface area contributed by atoms with E-state index in [4.69, 9.17) is 5.73 Å². The number of carbonyl (C=O) groups excluding carboxylic acids is 1. The lowest BCUT2D eigenvalue weighted by Gasteiger charge is -2.37. The van der Waals surface area contributed by atoms with E-state index in [2.05, 4.69) is 16.9 Å². The first-order valence-corrected chi connectivity index (χ1v) is 7.31.